The summed E-state index contributed by atoms with van der Waals surface area (Å²) in [6.07, 6.45) is 1.92. The number of nitrogens with zero attached hydrogens (tertiary/aromatic N) is 4. The summed E-state index contributed by atoms with van der Waals surface area (Å²) in [5.74, 6) is 0.697. The Balaban J connectivity index is 1.02. The summed E-state index contributed by atoms with van der Waals surface area (Å²) >= 11 is 0. The van der Waals surface area contributed by atoms with Gasteiger partial charge in [-0.05, 0) is 99.1 Å². The lowest BCUT2D eigenvalue weighted by Gasteiger charge is -2.29. The highest BCUT2D eigenvalue weighted by Crippen LogP contribution is 2.54. The van der Waals surface area contributed by atoms with Crippen molar-refractivity contribution < 1.29 is 0 Å². The summed E-state index contributed by atoms with van der Waals surface area (Å²) in [5.41, 5.74) is 22.6. The molecule has 66 heavy (non-hydrogen) atoms. The molecule has 2 aliphatic rings. The summed E-state index contributed by atoms with van der Waals surface area (Å²) in [5, 5.41) is 1.02. The van der Waals surface area contributed by atoms with Gasteiger partial charge in [-0.2, -0.15) is 0 Å². The predicted molar refractivity (Wildman–Crippen MR) is 274 cm³/mol. The van der Waals surface area contributed by atoms with E-state index in [2.05, 4.69) is 228 Å². The Kier molecular flexibility index (Phi) is 8.81. The number of hydrogen-bond donors (Lipinski definition) is 0. The van der Waals surface area contributed by atoms with Gasteiger partial charge in [-0.3, -0.25) is 0 Å². The largest absolute Gasteiger partial charge is 0.309 e. The first-order valence-electron chi connectivity index (χ1n) is 22.5. The Labute approximate surface area is 384 Å². The minimum Gasteiger partial charge on any atom is -0.309 e. The molecule has 0 unspecified atom stereocenters. The van der Waals surface area contributed by atoms with Crippen LogP contribution in [0.3, 0.4) is 0 Å². The van der Waals surface area contributed by atoms with Crippen LogP contribution in [-0.2, 0) is 0 Å². The normalized spacial score (nSPS) is 12.2. The van der Waals surface area contributed by atoms with Crippen molar-refractivity contribution in [3.63, 3.8) is 0 Å². The van der Waals surface area contributed by atoms with Crippen LogP contribution in [0.15, 0.2) is 243 Å². The molecular formula is C62H40N4. The number of para-hydroxylation sites is 3. The molecule has 11 aromatic rings. The Hall–Kier alpha value is -8.86. The highest BCUT2D eigenvalue weighted by molar-refractivity contribution is 6.06. The first kappa shape index (κ1) is 37.7. The van der Waals surface area contributed by atoms with Gasteiger partial charge in [-0.15, -0.1) is 0 Å². The fourth-order valence-corrected chi connectivity index (χ4v) is 10.1. The van der Waals surface area contributed by atoms with Crippen molar-refractivity contribution >= 4 is 45.0 Å². The van der Waals surface area contributed by atoms with Gasteiger partial charge in [0.05, 0.1) is 28.3 Å². The molecule has 4 nitrogen and oxygen atoms in total. The Morgan fingerprint density at radius 2 is 0.697 bits per heavy atom. The number of hydrogen-bond acceptors (Lipinski definition) is 4. The van der Waals surface area contributed by atoms with E-state index in [1.807, 2.05) is 24.4 Å². The molecule has 0 aliphatic carbocycles. The molecule has 2 aliphatic heterocycles. The Morgan fingerprint density at radius 1 is 0.273 bits per heavy atom. The lowest BCUT2D eigenvalue weighted by Crippen LogP contribution is -2.12. The molecule has 0 radical (unpaired) electrons. The third-order valence-electron chi connectivity index (χ3n) is 13.2. The molecule has 0 N–H and O–H groups in total. The molecule has 0 bridgehead atoms. The van der Waals surface area contributed by atoms with Crippen LogP contribution in [0.4, 0.5) is 34.1 Å². The third kappa shape index (κ3) is 6.22. The van der Waals surface area contributed by atoms with E-state index in [1.54, 1.807) is 0 Å². The van der Waals surface area contributed by atoms with Crippen LogP contribution in [0.5, 0.6) is 0 Å². The zero-order chi connectivity index (χ0) is 43.6. The van der Waals surface area contributed by atoms with Crippen molar-refractivity contribution in [2.45, 2.75) is 0 Å². The second-order valence-corrected chi connectivity index (χ2v) is 17.0. The monoisotopic (exact) mass is 840 g/mol. The van der Waals surface area contributed by atoms with E-state index >= 15 is 0 Å². The average Bonchev–Trinajstić information content (AvgIpc) is 3.60. The van der Waals surface area contributed by atoms with E-state index < -0.39 is 0 Å². The smallest absolute Gasteiger partial charge is 0.159 e. The fourth-order valence-electron chi connectivity index (χ4n) is 10.1. The van der Waals surface area contributed by atoms with Crippen molar-refractivity contribution in [3.05, 3.63) is 243 Å². The maximum absolute atomic E-state index is 5.01. The second kappa shape index (κ2) is 15.4. The number of fused-ring (bicyclic) bond motifs is 11. The third-order valence-corrected chi connectivity index (χ3v) is 13.2. The number of benzene rings is 10. The second-order valence-electron chi connectivity index (χ2n) is 17.0. The fraction of sp³-hybridized carbons (Fsp3) is 0. The van der Waals surface area contributed by atoms with Crippen LogP contribution in [0.2, 0.25) is 0 Å². The summed E-state index contributed by atoms with van der Waals surface area (Å²) in [6, 6.07) is 85.6. The average molecular weight is 841 g/mol. The van der Waals surface area contributed by atoms with Gasteiger partial charge >= 0.3 is 0 Å². The van der Waals surface area contributed by atoms with Crippen LogP contribution >= 0.6 is 0 Å². The van der Waals surface area contributed by atoms with Crippen molar-refractivity contribution in [2.24, 2.45) is 0 Å². The lowest BCUT2D eigenvalue weighted by atomic mass is 9.91. The molecule has 0 fully saturated rings. The van der Waals surface area contributed by atoms with Crippen LogP contribution in [0, 0.1) is 0 Å². The molecule has 0 atom stereocenters. The molecule has 3 heterocycles. The minimum atomic E-state index is 0.697. The molecule has 0 saturated heterocycles. The van der Waals surface area contributed by atoms with E-state index in [9.17, 15) is 0 Å². The van der Waals surface area contributed by atoms with Crippen molar-refractivity contribution in [2.75, 3.05) is 9.80 Å². The van der Waals surface area contributed by atoms with Crippen LogP contribution < -0.4 is 9.80 Å². The van der Waals surface area contributed by atoms with Crippen LogP contribution in [-0.4, -0.2) is 9.97 Å². The maximum Gasteiger partial charge on any atom is 0.159 e. The highest BCUT2D eigenvalue weighted by atomic mass is 15.2. The minimum absolute atomic E-state index is 0.697. The quantitative estimate of drug-likeness (QED) is 0.173. The molecule has 10 aromatic carbocycles. The highest BCUT2D eigenvalue weighted by Gasteiger charge is 2.29. The van der Waals surface area contributed by atoms with Gasteiger partial charge in [0.15, 0.2) is 5.82 Å². The summed E-state index contributed by atoms with van der Waals surface area (Å²) < 4.78 is 0. The predicted octanol–water partition coefficient (Wildman–Crippen LogP) is 16.9. The van der Waals surface area contributed by atoms with Crippen molar-refractivity contribution in [3.8, 4) is 78.1 Å². The van der Waals surface area contributed by atoms with Gasteiger partial charge in [0, 0.05) is 50.8 Å². The molecule has 308 valence electrons. The number of aromatic nitrogens is 2. The molecule has 0 spiro atoms. The molecule has 1 aromatic heterocycles. The number of rotatable bonds is 5. The zero-order valence-electron chi connectivity index (χ0n) is 35.9. The van der Waals surface area contributed by atoms with Gasteiger partial charge < -0.3 is 9.80 Å². The Morgan fingerprint density at radius 3 is 1.27 bits per heavy atom. The lowest BCUT2D eigenvalue weighted by molar-refractivity contribution is 1.22. The number of anilines is 6. The van der Waals surface area contributed by atoms with Gasteiger partial charge in [-0.25, -0.2) is 9.97 Å². The standard InChI is InChI=1S/C62H40N4/c1-2-16-41(17-3-1)42-19-14-21-47(36-42)65-58-30-12-9-27-53(58)49-23-5-7-25-51(49)55-34-32-43(38-60(55)65)44-33-35-56-52-26-8-6-24-50(52)54-28-10-13-31-59(54)66(61(56)39-44)48-22-15-20-45(37-48)62-63-40-46-18-4-11-29-57(46)64-62/h1-40H. The van der Waals surface area contributed by atoms with E-state index in [0.29, 0.717) is 5.82 Å². The summed E-state index contributed by atoms with van der Waals surface area (Å²) in [6.45, 7) is 0. The molecule has 0 amide bonds. The maximum atomic E-state index is 5.01. The molecule has 4 heteroatoms. The SMILES string of the molecule is c1ccc(-c2cccc(N3c4ccccc4-c4ccccc4-c4ccc(-c5ccc6c(c5)N(c5cccc(-c7ncc8ccccc8n7)c5)c5ccccc5-c5ccccc5-6)cc43)c2)cc1. The molecule has 13 rings (SSSR count). The van der Waals surface area contributed by atoms with E-state index in [0.717, 1.165) is 67.3 Å². The summed E-state index contributed by atoms with van der Waals surface area (Å²) in [7, 11) is 0. The first-order chi connectivity index (χ1) is 32.7. The molecule has 0 saturated carbocycles. The van der Waals surface area contributed by atoms with Gasteiger partial charge in [0.1, 0.15) is 0 Å². The van der Waals surface area contributed by atoms with Crippen molar-refractivity contribution in [1.82, 2.24) is 9.97 Å². The van der Waals surface area contributed by atoms with E-state index in [4.69, 9.17) is 9.97 Å². The van der Waals surface area contributed by atoms with Crippen molar-refractivity contribution in [1.29, 1.82) is 0 Å². The van der Waals surface area contributed by atoms with Gasteiger partial charge in [0.25, 0.3) is 0 Å². The van der Waals surface area contributed by atoms with E-state index in [1.165, 1.54) is 50.1 Å². The summed E-state index contributed by atoms with van der Waals surface area (Å²) in [4.78, 5) is 14.7. The van der Waals surface area contributed by atoms with Gasteiger partial charge in [-0.1, -0.05) is 182 Å². The Bertz CT molecular complexity index is 3690. The zero-order valence-corrected chi connectivity index (χ0v) is 35.9. The van der Waals surface area contributed by atoms with Crippen LogP contribution in [0.1, 0.15) is 0 Å². The van der Waals surface area contributed by atoms with Gasteiger partial charge in [0.2, 0.25) is 0 Å². The first-order valence-corrected chi connectivity index (χ1v) is 22.5. The van der Waals surface area contributed by atoms with Crippen LogP contribution in [0.25, 0.3) is 89.1 Å². The van der Waals surface area contributed by atoms with E-state index in [-0.39, 0.29) is 0 Å². The molecular weight excluding hydrogens is 801 g/mol. The topological polar surface area (TPSA) is 32.3 Å².